The maximum absolute atomic E-state index is 12.8. The first-order valence-electron chi connectivity index (χ1n) is 6.21. The van der Waals surface area contributed by atoms with E-state index in [4.69, 9.17) is 0 Å². The third kappa shape index (κ3) is 3.55. The first kappa shape index (κ1) is 16.2. The van der Waals surface area contributed by atoms with Gasteiger partial charge in [0.15, 0.2) is 5.78 Å². The van der Waals surface area contributed by atoms with Crippen LogP contribution in [0, 0.1) is 5.92 Å². The molecule has 1 aromatic heterocycles. The molecule has 6 heteroatoms. The Morgan fingerprint density at radius 2 is 1.86 bits per heavy atom. The van der Waals surface area contributed by atoms with Gasteiger partial charge in [-0.1, -0.05) is 29.8 Å². The topological polar surface area (TPSA) is 17.1 Å². The van der Waals surface area contributed by atoms with Crippen LogP contribution in [-0.4, -0.2) is 5.78 Å². The summed E-state index contributed by atoms with van der Waals surface area (Å²) in [6, 6.07) is 6.85. The number of hydrogen-bond acceptors (Lipinski definition) is 2. The van der Waals surface area contributed by atoms with E-state index in [1.165, 1.54) is 17.4 Å². The van der Waals surface area contributed by atoms with Crippen LogP contribution < -0.4 is 0 Å². The molecule has 2 aromatic rings. The van der Waals surface area contributed by atoms with Crippen molar-refractivity contribution >= 4 is 33.0 Å². The fraction of sp³-hybridized carbons (Fsp3) is 0.267. The number of ketones is 1. The molecule has 2 rings (SSSR count). The zero-order valence-corrected chi connectivity index (χ0v) is 13.7. The molecule has 0 amide bonds. The van der Waals surface area contributed by atoms with Gasteiger partial charge in [-0.2, -0.15) is 13.2 Å². The van der Waals surface area contributed by atoms with E-state index in [1.54, 1.807) is 26.0 Å². The molecule has 1 aromatic carbocycles. The van der Waals surface area contributed by atoms with Crippen molar-refractivity contribution in [3.63, 3.8) is 0 Å². The highest BCUT2D eigenvalue weighted by Crippen LogP contribution is 2.38. The van der Waals surface area contributed by atoms with Crippen LogP contribution in [0.25, 0.3) is 10.4 Å². The quantitative estimate of drug-likeness (QED) is 0.597. The predicted octanol–water partition coefficient (Wildman–Crippen LogP) is 6.04. The van der Waals surface area contributed by atoms with E-state index in [9.17, 15) is 18.0 Å². The summed E-state index contributed by atoms with van der Waals surface area (Å²) >= 11 is 4.47. The summed E-state index contributed by atoms with van der Waals surface area (Å²) in [7, 11) is 0. The molecular weight excluding hydrogens is 365 g/mol. The van der Waals surface area contributed by atoms with Crippen LogP contribution in [0.15, 0.2) is 34.8 Å². The van der Waals surface area contributed by atoms with Crippen LogP contribution in [-0.2, 0) is 6.18 Å². The highest BCUT2D eigenvalue weighted by atomic mass is 79.9. The molecule has 1 nitrogen and oxygen atoms in total. The third-order valence-corrected chi connectivity index (χ3v) is 4.76. The molecule has 0 aliphatic rings. The molecule has 0 bridgehead atoms. The first-order valence-corrected chi connectivity index (χ1v) is 7.82. The van der Waals surface area contributed by atoms with E-state index in [1.807, 2.05) is 0 Å². The highest BCUT2D eigenvalue weighted by molar-refractivity contribution is 9.10. The lowest BCUT2D eigenvalue weighted by Gasteiger charge is -2.09. The molecule has 0 radical (unpaired) electrons. The van der Waals surface area contributed by atoms with Gasteiger partial charge in [0.05, 0.1) is 10.4 Å². The number of carbonyl (C=O) groups is 1. The van der Waals surface area contributed by atoms with Crippen molar-refractivity contribution in [2.45, 2.75) is 20.0 Å². The monoisotopic (exact) mass is 376 g/mol. The Labute approximate surface area is 132 Å². The van der Waals surface area contributed by atoms with Gasteiger partial charge in [0.2, 0.25) is 0 Å². The molecule has 0 saturated heterocycles. The largest absolute Gasteiger partial charge is 0.416 e. The predicted molar refractivity (Wildman–Crippen MR) is 81.6 cm³/mol. The van der Waals surface area contributed by atoms with Crippen molar-refractivity contribution in [3.05, 3.63) is 45.2 Å². The van der Waals surface area contributed by atoms with Crippen LogP contribution in [0.4, 0.5) is 13.2 Å². The summed E-state index contributed by atoms with van der Waals surface area (Å²) in [5.74, 6) is -0.143. The average Bonchev–Trinajstić information content (AvgIpc) is 2.86. The van der Waals surface area contributed by atoms with Crippen molar-refractivity contribution < 1.29 is 18.0 Å². The van der Waals surface area contributed by atoms with Crippen molar-refractivity contribution in [2.24, 2.45) is 5.92 Å². The standard InChI is InChI=1S/C15H12BrF3OS/c1-8(2)14(20)13-6-5-12(21-13)10-7-9(15(17,18)19)3-4-11(10)16/h3-8H,1-2H3. The number of benzene rings is 1. The minimum atomic E-state index is -4.39. The summed E-state index contributed by atoms with van der Waals surface area (Å²) in [5.41, 5.74) is -0.261. The molecule has 1 heterocycles. The molecule has 0 aliphatic carbocycles. The van der Waals surface area contributed by atoms with E-state index >= 15 is 0 Å². The summed E-state index contributed by atoms with van der Waals surface area (Å²) in [4.78, 5) is 13.1. The Morgan fingerprint density at radius 1 is 1.19 bits per heavy atom. The number of halogens is 4. The van der Waals surface area contributed by atoms with E-state index in [0.29, 0.717) is 19.8 Å². The van der Waals surface area contributed by atoms with E-state index in [0.717, 1.165) is 12.1 Å². The molecule has 21 heavy (non-hydrogen) atoms. The summed E-state index contributed by atoms with van der Waals surface area (Å²) in [5, 5.41) is 0. The van der Waals surface area contributed by atoms with Crippen molar-refractivity contribution in [1.82, 2.24) is 0 Å². The van der Waals surface area contributed by atoms with Gasteiger partial charge in [-0.25, -0.2) is 0 Å². The Bertz CT molecular complexity index is 674. The van der Waals surface area contributed by atoms with Gasteiger partial charge in [-0.15, -0.1) is 11.3 Å². The molecule has 0 unspecified atom stereocenters. The summed E-state index contributed by atoms with van der Waals surface area (Å²) < 4.78 is 38.9. The normalized spacial score (nSPS) is 12.0. The maximum Gasteiger partial charge on any atom is 0.416 e. The van der Waals surface area contributed by atoms with Crippen LogP contribution in [0.5, 0.6) is 0 Å². The van der Waals surface area contributed by atoms with Crippen LogP contribution >= 0.6 is 27.3 Å². The maximum atomic E-state index is 12.8. The molecule has 0 atom stereocenters. The minimum Gasteiger partial charge on any atom is -0.293 e. The van der Waals surface area contributed by atoms with E-state index in [2.05, 4.69) is 15.9 Å². The van der Waals surface area contributed by atoms with Crippen molar-refractivity contribution in [2.75, 3.05) is 0 Å². The average molecular weight is 377 g/mol. The number of rotatable bonds is 3. The Balaban J connectivity index is 2.45. The van der Waals surface area contributed by atoms with Crippen LogP contribution in [0.1, 0.15) is 29.1 Å². The Hall–Kier alpha value is -1.14. The van der Waals surface area contributed by atoms with Gasteiger partial charge in [0.25, 0.3) is 0 Å². The second kappa shape index (κ2) is 5.93. The van der Waals surface area contributed by atoms with Gasteiger partial charge in [-0.3, -0.25) is 4.79 Å². The molecule has 112 valence electrons. The van der Waals surface area contributed by atoms with Gasteiger partial charge < -0.3 is 0 Å². The number of Topliss-reactive ketones (excluding diaryl/α,β-unsaturated/α-hetero) is 1. The van der Waals surface area contributed by atoms with Gasteiger partial charge in [-0.05, 0) is 30.3 Å². The summed E-state index contributed by atoms with van der Waals surface area (Å²) in [6.45, 7) is 3.59. The second-order valence-electron chi connectivity index (χ2n) is 4.88. The zero-order chi connectivity index (χ0) is 15.8. The molecular formula is C15H12BrF3OS. The SMILES string of the molecule is CC(C)C(=O)c1ccc(-c2cc(C(F)(F)F)ccc2Br)s1. The van der Waals surface area contributed by atoms with Gasteiger partial charge in [0.1, 0.15) is 0 Å². The van der Waals surface area contributed by atoms with Crippen LogP contribution in [0.3, 0.4) is 0 Å². The Kier molecular flexibility index (Phi) is 4.58. The molecule has 0 spiro atoms. The highest BCUT2D eigenvalue weighted by Gasteiger charge is 2.31. The van der Waals surface area contributed by atoms with E-state index < -0.39 is 11.7 Å². The molecule has 0 fully saturated rings. The number of thiophene rings is 1. The lowest BCUT2D eigenvalue weighted by atomic mass is 10.1. The van der Waals surface area contributed by atoms with Crippen LogP contribution in [0.2, 0.25) is 0 Å². The smallest absolute Gasteiger partial charge is 0.293 e. The fourth-order valence-corrected chi connectivity index (χ4v) is 3.51. The van der Waals surface area contributed by atoms with Gasteiger partial charge in [0, 0.05) is 20.8 Å². The van der Waals surface area contributed by atoms with Crippen molar-refractivity contribution in [3.8, 4) is 10.4 Å². The lowest BCUT2D eigenvalue weighted by Crippen LogP contribution is -2.04. The zero-order valence-electron chi connectivity index (χ0n) is 11.3. The van der Waals surface area contributed by atoms with Crippen molar-refractivity contribution in [1.29, 1.82) is 0 Å². The number of alkyl halides is 3. The van der Waals surface area contributed by atoms with E-state index in [-0.39, 0.29) is 11.7 Å². The summed E-state index contributed by atoms with van der Waals surface area (Å²) in [6.07, 6.45) is -4.39. The lowest BCUT2D eigenvalue weighted by molar-refractivity contribution is -0.137. The fourth-order valence-electron chi connectivity index (χ4n) is 1.79. The first-order chi connectivity index (χ1) is 9.70. The molecule has 0 saturated carbocycles. The third-order valence-electron chi connectivity index (χ3n) is 2.93. The number of hydrogen-bond donors (Lipinski definition) is 0. The minimum absolute atomic E-state index is 0.00523. The van der Waals surface area contributed by atoms with Gasteiger partial charge >= 0.3 is 6.18 Å². The molecule has 0 aliphatic heterocycles. The Morgan fingerprint density at radius 3 is 2.43 bits per heavy atom. The second-order valence-corrected chi connectivity index (χ2v) is 6.81. The number of carbonyl (C=O) groups excluding carboxylic acids is 1. The molecule has 0 N–H and O–H groups in total.